The summed E-state index contributed by atoms with van der Waals surface area (Å²) in [6.45, 7) is 7.73. The molecule has 1 N–H and O–H groups in total. The summed E-state index contributed by atoms with van der Waals surface area (Å²) in [7, 11) is -2.11. The van der Waals surface area contributed by atoms with E-state index in [0.29, 0.717) is 30.4 Å². The summed E-state index contributed by atoms with van der Waals surface area (Å²) in [5.41, 5.74) is -0.133. The summed E-state index contributed by atoms with van der Waals surface area (Å²) in [4.78, 5) is 43.4. The number of hydrogen-bond donors (Lipinski definition) is 1. The predicted molar refractivity (Wildman–Crippen MR) is 162 cm³/mol. The van der Waals surface area contributed by atoms with Crippen LogP contribution < -0.4 is 5.32 Å². The molecule has 2 aliphatic rings. The SMILES string of the molecule is C[C@@H](C(=O)N[C@H](C(=O)N1CCC[C@H]1Cn1cc(S(C)(=O)=O)c2cc(F)ccc21)C1CCCCC1)N(C)C(=O)OC(C)(C)C. The van der Waals surface area contributed by atoms with Crippen LogP contribution in [0.1, 0.15) is 72.6 Å². The van der Waals surface area contributed by atoms with Crippen LogP contribution in [0.5, 0.6) is 0 Å². The van der Waals surface area contributed by atoms with E-state index >= 15 is 0 Å². The number of aromatic nitrogens is 1. The molecule has 1 saturated heterocycles. The lowest BCUT2D eigenvalue weighted by Gasteiger charge is -2.36. The number of halogens is 1. The van der Waals surface area contributed by atoms with Gasteiger partial charge in [-0.1, -0.05) is 19.3 Å². The molecule has 1 aliphatic heterocycles. The fourth-order valence-corrected chi connectivity index (χ4v) is 7.08. The van der Waals surface area contributed by atoms with Gasteiger partial charge in [0, 0.05) is 49.5 Å². The second-order valence-electron chi connectivity index (χ2n) is 13.1. The highest BCUT2D eigenvalue weighted by Crippen LogP contribution is 2.32. The van der Waals surface area contributed by atoms with Gasteiger partial charge in [0.15, 0.2) is 9.84 Å². The van der Waals surface area contributed by atoms with Gasteiger partial charge in [0.25, 0.3) is 0 Å². The average molecular weight is 621 g/mol. The Kier molecular flexibility index (Phi) is 9.78. The largest absolute Gasteiger partial charge is 0.444 e. The molecular weight excluding hydrogens is 575 g/mol. The molecule has 2 fully saturated rings. The molecule has 238 valence electrons. The molecule has 3 atom stereocenters. The number of nitrogens with one attached hydrogen (secondary N) is 1. The van der Waals surface area contributed by atoms with E-state index in [1.54, 1.807) is 43.2 Å². The minimum Gasteiger partial charge on any atom is -0.444 e. The fraction of sp³-hybridized carbons (Fsp3) is 0.645. The van der Waals surface area contributed by atoms with Gasteiger partial charge >= 0.3 is 6.09 Å². The van der Waals surface area contributed by atoms with E-state index in [-0.39, 0.29) is 22.8 Å². The van der Waals surface area contributed by atoms with Gasteiger partial charge in [-0.25, -0.2) is 17.6 Å². The van der Waals surface area contributed by atoms with Crippen molar-refractivity contribution in [2.24, 2.45) is 5.92 Å². The fourth-order valence-electron chi connectivity index (χ4n) is 6.20. The zero-order valence-corrected chi connectivity index (χ0v) is 26.9. The van der Waals surface area contributed by atoms with Gasteiger partial charge in [0.05, 0.1) is 4.90 Å². The Morgan fingerprint density at radius 1 is 1.12 bits per heavy atom. The number of ether oxygens (including phenoxy) is 1. The minimum atomic E-state index is -3.61. The molecule has 2 aromatic rings. The lowest BCUT2D eigenvalue weighted by Crippen LogP contribution is -2.57. The van der Waals surface area contributed by atoms with Crippen molar-refractivity contribution in [1.29, 1.82) is 0 Å². The number of carbonyl (C=O) groups is 3. The maximum atomic E-state index is 14.2. The van der Waals surface area contributed by atoms with Crippen LogP contribution in [-0.2, 0) is 30.7 Å². The number of benzene rings is 1. The maximum Gasteiger partial charge on any atom is 0.410 e. The van der Waals surface area contributed by atoms with Crippen molar-refractivity contribution in [2.45, 2.75) is 108 Å². The van der Waals surface area contributed by atoms with Crippen LogP contribution in [0.15, 0.2) is 29.3 Å². The lowest BCUT2D eigenvalue weighted by molar-refractivity contribution is -0.140. The van der Waals surface area contributed by atoms with Crippen LogP contribution in [0.25, 0.3) is 10.9 Å². The first-order chi connectivity index (χ1) is 20.1. The predicted octanol–water partition coefficient (Wildman–Crippen LogP) is 4.50. The summed E-state index contributed by atoms with van der Waals surface area (Å²) < 4.78 is 46.2. The summed E-state index contributed by atoms with van der Waals surface area (Å²) in [6, 6.07) is 2.25. The normalized spacial score (nSPS) is 19.7. The van der Waals surface area contributed by atoms with Crippen LogP contribution in [0, 0.1) is 11.7 Å². The number of sulfone groups is 1. The quantitative estimate of drug-likeness (QED) is 0.465. The monoisotopic (exact) mass is 620 g/mol. The molecule has 1 saturated carbocycles. The third-order valence-electron chi connectivity index (χ3n) is 8.60. The Labute approximate surface area is 253 Å². The van der Waals surface area contributed by atoms with E-state index in [1.807, 2.05) is 0 Å². The third kappa shape index (κ3) is 7.69. The van der Waals surface area contributed by atoms with Gasteiger partial charge in [-0.2, -0.15) is 0 Å². The zero-order chi connectivity index (χ0) is 31.7. The van der Waals surface area contributed by atoms with E-state index in [4.69, 9.17) is 4.74 Å². The first kappa shape index (κ1) is 32.8. The molecule has 0 radical (unpaired) electrons. The maximum absolute atomic E-state index is 14.2. The molecule has 1 aromatic carbocycles. The number of nitrogens with zero attached hydrogens (tertiary/aromatic N) is 3. The molecule has 3 amide bonds. The Hall–Kier alpha value is -3.15. The molecular formula is C31H45FN4O6S. The Balaban J connectivity index is 1.56. The second kappa shape index (κ2) is 12.8. The van der Waals surface area contributed by atoms with Crippen molar-refractivity contribution in [1.82, 2.24) is 19.7 Å². The summed E-state index contributed by atoms with van der Waals surface area (Å²) in [5, 5.41) is 3.31. The summed E-state index contributed by atoms with van der Waals surface area (Å²) in [6.07, 6.45) is 8.14. The molecule has 0 spiro atoms. The molecule has 1 aliphatic carbocycles. The third-order valence-corrected chi connectivity index (χ3v) is 9.72. The number of fused-ring (bicyclic) bond motifs is 1. The van der Waals surface area contributed by atoms with Gasteiger partial charge in [-0.15, -0.1) is 0 Å². The Bertz CT molecular complexity index is 1460. The van der Waals surface area contributed by atoms with Crippen molar-refractivity contribution in [3.8, 4) is 0 Å². The van der Waals surface area contributed by atoms with Crippen LogP contribution in [0.3, 0.4) is 0 Å². The van der Waals surface area contributed by atoms with E-state index in [1.165, 1.54) is 30.3 Å². The molecule has 4 rings (SSSR count). The minimum absolute atomic E-state index is 0.0299. The number of carbonyl (C=O) groups excluding carboxylic acids is 3. The molecule has 0 bridgehead atoms. The Morgan fingerprint density at radius 3 is 2.42 bits per heavy atom. The van der Waals surface area contributed by atoms with Crippen LogP contribution in [0.2, 0.25) is 0 Å². The van der Waals surface area contributed by atoms with Crippen molar-refractivity contribution >= 4 is 38.6 Å². The highest BCUT2D eigenvalue weighted by Gasteiger charge is 2.40. The van der Waals surface area contributed by atoms with Gasteiger partial charge in [0.2, 0.25) is 11.8 Å². The molecule has 12 heteroatoms. The smallest absolute Gasteiger partial charge is 0.410 e. The number of likely N-dealkylation sites (tertiary alicyclic amines) is 1. The van der Waals surface area contributed by atoms with Crippen LogP contribution in [-0.4, -0.2) is 84.3 Å². The van der Waals surface area contributed by atoms with Crippen LogP contribution >= 0.6 is 0 Å². The van der Waals surface area contributed by atoms with E-state index in [9.17, 15) is 27.2 Å². The number of rotatable bonds is 8. The summed E-state index contributed by atoms with van der Waals surface area (Å²) in [5.74, 6) is -1.15. The number of likely N-dealkylation sites (N-methyl/N-ethyl adjacent to an activating group) is 1. The first-order valence-corrected chi connectivity index (χ1v) is 17.0. The van der Waals surface area contributed by atoms with E-state index in [2.05, 4.69) is 5.32 Å². The van der Waals surface area contributed by atoms with E-state index < -0.39 is 45.3 Å². The molecule has 2 heterocycles. The molecule has 10 nitrogen and oxygen atoms in total. The highest BCUT2D eigenvalue weighted by molar-refractivity contribution is 7.91. The van der Waals surface area contributed by atoms with Crippen molar-refractivity contribution in [3.05, 3.63) is 30.2 Å². The lowest BCUT2D eigenvalue weighted by atomic mass is 9.83. The first-order valence-electron chi connectivity index (χ1n) is 15.1. The van der Waals surface area contributed by atoms with E-state index in [0.717, 1.165) is 44.8 Å². The average Bonchev–Trinajstić information content (AvgIpc) is 3.54. The van der Waals surface area contributed by atoms with Gasteiger partial charge in [-0.3, -0.25) is 14.5 Å². The second-order valence-corrected chi connectivity index (χ2v) is 15.0. The summed E-state index contributed by atoms with van der Waals surface area (Å²) >= 11 is 0. The Morgan fingerprint density at radius 2 is 1.79 bits per heavy atom. The van der Waals surface area contributed by atoms with Crippen molar-refractivity contribution < 1.29 is 31.9 Å². The number of hydrogen-bond acceptors (Lipinski definition) is 6. The molecule has 0 unspecified atom stereocenters. The number of amides is 3. The standard InChI is InChI=1S/C31H45FN4O6S/c1-20(34(5)30(39)42-31(2,3)4)28(37)33-27(21-11-8-7-9-12-21)29(38)36-16-10-13-23(36)18-35-19-26(43(6,40)41)24-17-22(32)14-15-25(24)35/h14-15,17,19-21,23,27H,7-13,16,18H2,1-6H3,(H,33,37)/t20-,23-,27-/m0/s1. The van der Waals surface area contributed by atoms with Gasteiger partial charge in [-0.05, 0) is 77.5 Å². The van der Waals surface area contributed by atoms with Crippen molar-refractivity contribution in [2.75, 3.05) is 19.8 Å². The van der Waals surface area contributed by atoms with Crippen molar-refractivity contribution in [3.63, 3.8) is 0 Å². The van der Waals surface area contributed by atoms with Gasteiger partial charge in [0.1, 0.15) is 23.5 Å². The van der Waals surface area contributed by atoms with Gasteiger partial charge < -0.3 is 19.5 Å². The zero-order valence-electron chi connectivity index (χ0n) is 26.1. The molecule has 1 aromatic heterocycles. The molecule has 43 heavy (non-hydrogen) atoms. The van der Waals surface area contributed by atoms with Crippen LogP contribution in [0.4, 0.5) is 9.18 Å². The highest BCUT2D eigenvalue weighted by atomic mass is 32.2. The topological polar surface area (TPSA) is 118 Å².